The van der Waals surface area contributed by atoms with Crippen molar-refractivity contribution < 1.29 is 23.8 Å². The van der Waals surface area contributed by atoms with Gasteiger partial charge in [0.25, 0.3) is 5.91 Å². The van der Waals surface area contributed by atoms with Gasteiger partial charge in [0.2, 0.25) is 0 Å². The molecule has 6 nitrogen and oxygen atoms in total. The van der Waals surface area contributed by atoms with Crippen LogP contribution < -0.4 is 14.8 Å². The fourth-order valence-electron chi connectivity index (χ4n) is 2.64. The quantitative estimate of drug-likeness (QED) is 0.657. The summed E-state index contributed by atoms with van der Waals surface area (Å²) in [5, 5.41) is 12.0. The number of hydrogen-bond acceptors (Lipinski definition) is 5. The van der Waals surface area contributed by atoms with Gasteiger partial charge < -0.3 is 24.3 Å². The third-order valence-corrected chi connectivity index (χ3v) is 3.98. The molecule has 0 aliphatic carbocycles. The summed E-state index contributed by atoms with van der Waals surface area (Å²) in [7, 11) is 1.54. The fourth-order valence-corrected chi connectivity index (χ4v) is 2.64. The van der Waals surface area contributed by atoms with Gasteiger partial charge in [0.05, 0.1) is 19.4 Å². The van der Waals surface area contributed by atoms with Crippen LogP contribution in [0.3, 0.4) is 0 Å². The first-order valence-electron chi connectivity index (χ1n) is 8.56. The first-order valence-corrected chi connectivity index (χ1v) is 8.56. The van der Waals surface area contributed by atoms with Crippen molar-refractivity contribution >= 4 is 11.6 Å². The summed E-state index contributed by atoms with van der Waals surface area (Å²) < 4.78 is 16.3. The molecule has 1 amide bonds. The molecule has 0 bridgehead atoms. The van der Waals surface area contributed by atoms with Gasteiger partial charge in [-0.15, -0.1) is 0 Å². The normalized spacial score (nSPS) is 10.5. The van der Waals surface area contributed by atoms with Gasteiger partial charge in [-0.1, -0.05) is 0 Å². The Kier molecular flexibility index (Phi) is 5.78. The first kappa shape index (κ1) is 18.5. The number of ether oxygens (including phenoxy) is 2. The molecule has 0 saturated carbocycles. The number of nitrogens with one attached hydrogen (secondary N) is 1. The zero-order chi connectivity index (χ0) is 19.2. The van der Waals surface area contributed by atoms with E-state index in [0.29, 0.717) is 40.9 Å². The molecular weight excluding hydrogens is 346 g/mol. The van der Waals surface area contributed by atoms with Crippen LogP contribution in [0.5, 0.6) is 11.5 Å². The minimum absolute atomic E-state index is 0.169. The second kappa shape index (κ2) is 8.42. The third kappa shape index (κ3) is 4.30. The Morgan fingerprint density at radius 2 is 1.89 bits per heavy atom. The third-order valence-electron chi connectivity index (χ3n) is 3.98. The standard InChI is InChI=1S/C21H21NO5/c1-3-26-16-7-4-14(5-8-16)21(24)22-18-12-15(6-10-20(18)25-2)19-11-9-17(13-23)27-19/h4-12,23H,3,13H2,1-2H3,(H,22,24). The molecule has 0 atom stereocenters. The van der Waals surface area contributed by atoms with Gasteiger partial charge in [-0.2, -0.15) is 0 Å². The molecule has 0 radical (unpaired) electrons. The summed E-state index contributed by atoms with van der Waals surface area (Å²) in [6.07, 6.45) is 0. The van der Waals surface area contributed by atoms with E-state index in [4.69, 9.17) is 19.0 Å². The van der Waals surface area contributed by atoms with Crippen LogP contribution in [0.1, 0.15) is 23.0 Å². The Morgan fingerprint density at radius 1 is 1.11 bits per heavy atom. The van der Waals surface area contributed by atoms with Crippen LogP contribution in [0.15, 0.2) is 59.0 Å². The highest BCUT2D eigenvalue weighted by Gasteiger charge is 2.13. The largest absolute Gasteiger partial charge is 0.495 e. The van der Waals surface area contributed by atoms with Crippen LogP contribution in [0.2, 0.25) is 0 Å². The number of furan rings is 1. The lowest BCUT2D eigenvalue weighted by atomic mass is 10.1. The van der Waals surface area contributed by atoms with Crippen LogP contribution in [0, 0.1) is 0 Å². The monoisotopic (exact) mass is 367 g/mol. The van der Waals surface area contributed by atoms with E-state index in [-0.39, 0.29) is 12.5 Å². The summed E-state index contributed by atoms with van der Waals surface area (Å²) in [5.41, 5.74) is 1.79. The van der Waals surface area contributed by atoms with Crippen LogP contribution >= 0.6 is 0 Å². The molecule has 3 aromatic rings. The molecule has 3 rings (SSSR count). The van der Waals surface area contributed by atoms with Gasteiger partial charge in [0.1, 0.15) is 29.6 Å². The SMILES string of the molecule is CCOc1ccc(C(=O)Nc2cc(-c3ccc(CO)o3)ccc2OC)cc1. The second-order valence-corrected chi connectivity index (χ2v) is 5.75. The highest BCUT2D eigenvalue weighted by Crippen LogP contribution is 2.32. The van der Waals surface area contributed by atoms with E-state index in [9.17, 15) is 4.79 Å². The predicted molar refractivity (Wildman–Crippen MR) is 102 cm³/mol. The van der Waals surface area contributed by atoms with Crippen molar-refractivity contribution in [3.05, 3.63) is 65.9 Å². The van der Waals surface area contributed by atoms with Crippen molar-refractivity contribution in [3.8, 4) is 22.8 Å². The predicted octanol–water partition coefficient (Wildman–Crippen LogP) is 4.10. The molecule has 1 aromatic heterocycles. The van der Waals surface area contributed by atoms with E-state index in [0.717, 1.165) is 5.56 Å². The maximum Gasteiger partial charge on any atom is 0.255 e. The Bertz CT molecular complexity index is 915. The molecule has 0 spiro atoms. The molecule has 0 fully saturated rings. The summed E-state index contributed by atoms with van der Waals surface area (Å²) in [6.45, 7) is 2.31. The number of anilines is 1. The lowest BCUT2D eigenvalue weighted by Gasteiger charge is -2.12. The molecule has 0 aliphatic heterocycles. The second-order valence-electron chi connectivity index (χ2n) is 5.75. The number of benzene rings is 2. The average molecular weight is 367 g/mol. The molecule has 2 aromatic carbocycles. The average Bonchev–Trinajstić information content (AvgIpc) is 3.18. The lowest BCUT2D eigenvalue weighted by molar-refractivity contribution is 0.102. The molecule has 27 heavy (non-hydrogen) atoms. The topological polar surface area (TPSA) is 80.9 Å². The molecule has 0 aliphatic rings. The number of hydrogen-bond donors (Lipinski definition) is 2. The molecular formula is C21H21NO5. The van der Waals surface area contributed by atoms with Crippen molar-refractivity contribution in [3.63, 3.8) is 0 Å². The van der Waals surface area contributed by atoms with E-state index in [1.165, 1.54) is 7.11 Å². The summed E-state index contributed by atoms with van der Waals surface area (Å²) in [4.78, 5) is 12.6. The highest BCUT2D eigenvalue weighted by atomic mass is 16.5. The van der Waals surface area contributed by atoms with Crippen molar-refractivity contribution in [2.75, 3.05) is 19.0 Å². The van der Waals surface area contributed by atoms with Crippen LogP contribution in [0.4, 0.5) is 5.69 Å². The Hall–Kier alpha value is -3.25. The molecule has 0 unspecified atom stereocenters. The fraction of sp³-hybridized carbons (Fsp3) is 0.190. The lowest BCUT2D eigenvalue weighted by Crippen LogP contribution is -2.12. The Balaban J connectivity index is 1.83. The Labute approximate surface area is 157 Å². The van der Waals surface area contributed by atoms with E-state index in [2.05, 4.69) is 5.32 Å². The number of methoxy groups -OCH3 is 1. The number of aliphatic hydroxyl groups is 1. The van der Waals surface area contributed by atoms with E-state index >= 15 is 0 Å². The molecule has 140 valence electrons. The molecule has 1 heterocycles. The summed E-state index contributed by atoms with van der Waals surface area (Å²) in [5.74, 6) is 2.06. The number of amides is 1. The maximum absolute atomic E-state index is 12.6. The van der Waals surface area contributed by atoms with Crippen molar-refractivity contribution in [1.29, 1.82) is 0 Å². The zero-order valence-corrected chi connectivity index (χ0v) is 15.2. The number of carbonyl (C=O) groups is 1. The van der Waals surface area contributed by atoms with Crippen LogP contribution in [-0.2, 0) is 6.61 Å². The van der Waals surface area contributed by atoms with E-state index in [1.54, 1.807) is 48.5 Å². The van der Waals surface area contributed by atoms with Crippen molar-refractivity contribution in [2.45, 2.75) is 13.5 Å². The molecule has 6 heteroatoms. The highest BCUT2D eigenvalue weighted by molar-refractivity contribution is 6.05. The van der Waals surface area contributed by atoms with Gasteiger partial charge in [-0.05, 0) is 61.5 Å². The number of rotatable bonds is 7. The van der Waals surface area contributed by atoms with Gasteiger partial charge >= 0.3 is 0 Å². The summed E-state index contributed by atoms with van der Waals surface area (Å²) >= 11 is 0. The van der Waals surface area contributed by atoms with Crippen LogP contribution in [-0.4, -0.2) is 24.7 Å². The van der Waals surface area contributed by atoms with E-state index in [1.807, 2.05) is 13.0 Å². The van der Waals surface area contributed by atoms with Gasteiger partial charge in [-0.3, -0.25) is 4.79 Å². The molecule has 0 saturated heterocycles. The number of aliphatic hydroxyl groups excluding tert-OH is 1. The van der Waals surface area contributed by atoms with Crippen molar-refractivity contribution in [2.24, 2.45) is 0 Å². The van der Waals surface area contributed by atoms with Gasteiger partial charge in [0, 0.05) is 11.1 Å². The van der Waals surface area contributed by atoms with Gasteiger partial charge in [0.15, 0.2) is 0 Å². The zero-order valence-electron chi connectivity index (χ0n) is 15.2. The van der Waals surface area contributed by atoms with Crippen LogP contribution in [0.25, 0.3) is 11.3 Å². The number of carbonyl (C=O) groups excluding carboxylic acids is 1. The van der Waals surface area contributed by atoms with Crippen molar-refractivity contribution in [1.82, 2.24) is 0 Å². The Morgan fingerprint density at radius 3 is 2.52 bits per heavy atom. The minimum atomic E-state index is -0.260. The van der Waals surface area contributed by atoms with E-state index < -0.39 is 0 Å². The first-order chi connectivity index (χ1) is 13.1. The minimum Gasteiger partial charge on any atom is -0.495 e. The molecule has 2 N–H and O–H groups in total. The smallest absolute Gasteiger partial charge is 0.255 e. The maximum atomic E-state index is 12.6. The summed E-state index contributed by atoms with van der Waals surface area (Å²) in [6, 6.07) is 15.7. The van der Waals surface area contributed by atoms with Gasteiger partial charge in [-0.25, -0.2) is 0 Å².